The van der Waals surface area contributed by atoms with Crippen LogP contribution in [0.5, 0.6) is 5.75 Å². The molecule has 5 rings (SSSR count). The number of ether oxygens (including phenoxy) is 4. The van der Waals surface area contributed by atoms with Crippen molar-refractivity contribution in [2.45, 2.75) is 106 Å². The molecule has 1 aromatic rings. The molecule has 9 atom stereocenters. The molecule has 1 aromatic carbocycles. The topological polar surface area (TPSA) is 134 Å². The van der Waals surface area contributed by atoms with Gasteiger partial charge in [0.2, 0.25) is 12.1 Å². The van der Waals surface area contributed by atoms with E-state index in [9.17, 15) is 15.3 Å². The number of methoxy groups -OCH3 is 1. The van der Waals surface area contributed by atoms with E-state index in [1.165, 1.54) is 16.7 Å². The van der Waals surface area contributed by atoms with Crippen LogP contribution in [0.2, 0.25) is 0 Å². The predicted molar refractivity (Wildman–Crippen MR) is 136 cm³/mol. The van der Waals surface area contributed by atoms with E-state index in [0.717, 1.165) is 31.4 Å². The van der Waals surface area contributed by atoms with Gasteiger partial charge in [0.05, 0.1) is 31.5 Å². The molecule has 9 unspecified atom stereocenters. The first-order valence-electron chi connectivity index (χ1n) is 13.6. The highest BCUT2D eigenvalue weighted by Crippen LogP contribution is 2.46. The van der Waals surface area contributed by atoms with Crippen molar-refractivity contribution in [3.05, 3.63) is 28.8 Å². The lowest BCUT2D eigenvalue weighted by molar-refractivity contribution is -0.477. The van der Waals surface area contributed by atoms with E-state index in [-0.39, 0.29) is 25.1 Å². The number of fused-ring (bicyclic) bond motifs is 3. The second-order valence-electron chi connectivity index (χ2n) is 11.1. The molecule has 208 valence electrons. The number of aliphatic hydroxyl groups is 3. The maximum atomic E-state index is 11.9. The van der Waals surface area contributed by atoms with Crippen LogP contribution in [0.4, 0.5) is 0 Å². The van der Waals surface area contributed by atoms with E-state index in [1.54, 1.807) is 21.2 Å². The molecular weight excluding hydrogens is 478 g/mol. The monoisotopic (exact) mass is 521 g/mol. The minimum absolute atomic E-state index is 0.0845. The van der Waals surface area contributed by atoms with Crippen LogP contribution in [-0.2, 0) is 33.6 Å². The van der Waals surface area contributed by atoms with Crippen LogP contribution in [0.25, 0.3) is 0 Å². The zero-order valence-electron chi connectivity index (χ0n) is 22.3. The zero-order chi connectivity index (χ0) is 26.4. The van der Waals surface area contributed by atoms with Crippen LogP contribution >= 0.6 is 0 Å². The van der Waals surface area contributed by atoms with E-state index in [0.29, 0.717) is 13.0 Å². The first kappa shape index (κ1) is 27.2. The molecule has 2 heterocycles. The number of benzene rings is 1. The van der Waals surface area contributed by atoms with Gasteiger partial charge in [-0.25, -0.2) is 0 Å². The molecule has 37 heavy (non-hydrogen) atoms. The number of hydrogen-bond acceptors (Lipinski definition) is 10. The Balaban J connectivity index is 1.35. The highest BCUT2D eigenvalue weighted by molar-refractivity contribution is 5.46. The summed E-state index contributed by atoms with van der Waals surface area (Å²) in [5, 5.41) is 44.2. The van der Waals surface area contributed by atoms with Gasteiger partial charge in [-0.05, 0) is 75.9 Å². The third-order valence-electron chi connectivity index (χ3n) is 8.81. The molecular formula is C27H43N3O7. The standard InChI is InChI=1S/C27H43N3O7/c1-15-12-26(32,14-30-13-16-9-10-20(34-4)18-8-6-5-7-17(16)18)27(33)25(35-15)36-21-11-19(28-2)23(31)22(29-3)24(21)37-27/h9-10,15,19,21-25,28-33H,5-8,11-14H2,1-4H3. The third kappa shape index (κ3) is 4.70. The summed E-state index contributed by atoms with van der Waals surface area (Å²) < 4.78 is 24.1. The van der Waals surface area contributed by atoms with Gasteiger partial charge in [0.1, 0.15) is 17.5 Å². The minimum Gasteiger partial charge on any atom is -0.496 e. The van der Waals surface area contributed by atoms with Gasteiger partial charge < -0.3 is 50.2 Å². The van der Waals surface area contributed by atoms with Crippen LogP contribution in [0.1, 0.15) is 49.3 Å². The largest absolute Gasteiger partial charge is 0.496 e. The fourth-order valence-corrected chi connectivity index (χ4v) is 6.82. The maximum Gasteiger partial charge on any atom is 0.249 e. The fraction of sp³-hybridized carbons (Fsp3) is 0.778. The summed E-state index contributed by atoms with van der Waals surface area (Å²) in [6.07, 6.45) is 1.64. The number of rotatable bonds is 7. The first-order valence-corrected chi connectivity index (χ1v) is 13.6. The average Bonchev–Trinajstić information content (AvgIpc) is 2.88. The maximum absolute atomic E-state index is 11.9. The van der Waals surface area contributed by atoms with Gasteiger partial charge >= 0.3 is 0 Å². The van der Waals surface area contributed by atoms with Crippen molar-refractivity contribution >= 4 is 0 Å². The average molecular weight is 522 g/mol. The third-order valence-corrected chi connectivity index (χ3v) is 8.81. The Morgan fingerprint density at radius 3 is 2.54 bits per heavy atom. The summed E-state index contributed by atoms with van der Waals surface area (Å²) in [5.41, 5.74) is 2.09. The highest BCUT2D eigenvalue weighted by atomic mass is 16.8. The van der Waals surface area contributed by atoms with E-state index < -0.39 is 42.0 Å². The van der Waals surface area contributed by atoms with Crippen molar-refractivity contribution in [3.63, 3.8) is 0 Å². The van der Waals surface area contributed by atoms with Crippen molar-refractivity contribution in [2.75, 3.05) is 27.7 Å². The Kier molecular flexibility index (Phi) is 7.86. The lowest BCUT2D eigenvalue weighted by Gasteiger charge is -2.59. The van der Waals surface area contributed by atoms with E-state index >= 15 is 0 Å². The SMILES string of the molecule is CNC1CC2OC3OC(C)CC(O)(CNCc4ccc(OC)c5c4CCCC5)C3(O)OC2C(NC)C1O. The van der Waals surface area contributed by atoms with Gasteiger partial charge in [0, 0.05) is 25.6 Å². The number of hydrogen-bond donors (Lipinski definition) is 6. The molecule has 0 spiro atoms. The smallest absolute Gasteiger partial charge is 0.249 e. The van der Waals surface area contributed by atoms with Crippen molar-refractivity contribution in [1.29, 1.82) is 0 Å². The summed E-state index contributed by atoms with van der Waals surface area (Å²) in [7, 11) is 5.25. The van der Waals surface area contributed by atoms with E-state index in [4.69, 9.17) is 18.9 Å². The zero-order valence-corrected chi connectivity index (χ0v) is 22.3. The molecule has 2 saturated heterocycles. The van der Waals surface area contributed by atoms with Gasteiger partial charge in [-0.15, -0.1) is 0 Å². The van der Waals surface area contributed by atoms with Gasteiger partial charge in [0.25, 0.3) is 0 Å². The van der Waals surface area contributed by atoms with Crippen molar-refractivity contribution in [1.82, 2.24) is 16.0 Å². The van der Waals surface area contributed by atoms with Crippen molar-refractivity contribution < 1.29 is 34.3 Å². The van der Waals surface area contributed by atoms with Crippen molar-refractivity contribution in [3.8, 4) is 5.75 Å². The van der Waals surface area contributed by atoms with Crippen LogP contribution < -0.4 is 20.7 Å². The van der Waals surface area contributed by atoms with E-state index in [1.807, 2.05) is 13.0 Å². The van der Waals surface area contributed by atoms with Crippen LogP contribution in [0.3, 0.4) is 0 Å². The lowest BCUT2D eigenvalue weighted by Crippen LogP contribution is -2.79. The quantitative estimate of drug-likeness (QED) is 0.290. The van der Waals surface area contributed by atoms with Crippen molar-refractivity contribution in [2.24, 2.45) is 0 Å². The molecule has 2 aliphatic heterocycles. The normalized spacial score (nSPS) is 41.4. The molecule has 1 saturated carbocycles. The Morgan fingerprint density at radius 2 is 1.84 bits per heavy atom. The molecule has 10 nitrogen and oxygen atoms in total. The molecule has 0 radical (unpaired) electrons. The Bertz CT molecular complexity index is 966. The fourth-order valence-electron chi connectivity index (χ4n) is 6.82. The Hall–Kier alpha value is -1.34. The van der Waals surface area contributed by atoms with Gasteiger partial charge in [0.15, 0.2) is 0 Å². The molecule has 4 aliphatic rings. The molecule has 2 aliphatic carbocycles. The molecule has 0 amide bonds. The first-order chi connectivity index (χ1) is 17.7. The van der Waals surface area contributed by atoms with E-state index in [2.05, 4.69) is 22.0 Å². The highest BCUT2D eigenvalue weighted by Gasteiger charge is 2.67. The molecule has 10 heteroatoms. The summed E-state index contributed by atoms with van der Waals surface area (Å²) in [6.45, 7) is 2.48. The summed E-state index contributed by atoms with van der Waals surface area (Å²) in [5.74, 6) is -1.17. The Morgan fingerprint density at radius 1 is 1.08 bits per heavy atom. The van der Waals surface area contributed by atoms with Gasteiger partial charge in [-0.3, -0.25) is 0 Å². The lowest BCUT2D eigenvalue weighted by atomic mass is 9.79. The predicted octanol–water partition coefficient (Wildman–Crippen LogP) is -0.0572. The van der Waals surface area contributed by atoms with Crippen LogP contribution in [0.15, 0.2) is 12.1 Å². The molecule has 6 N–H and O–H groups in total. The summed E-state index contributed by atoms with van der Waals surface area (Å²) in [4.78, 5) is 0. The van der Waals surface area contributed by atoms with Gasteiger partial charge in [-0.2, -0.15) is 0 Å². The van der Waals surface area contributed by atoms with Gasteiger partial charge in [-0.1, -0.05) is 6.07 Å². The van der Waals surface area contributed by atoms with Crippen LogP contribution in [-0.4, -0.2) is 97.2 Å². The Labute approximate surface area is 219 Å². The molecule has 3 fully saturated rings. The second kappa shape index (κ2) is 10.7. The van der Waals surface area contributed by atoms with Crippen LogP contribution in [0, 0.1) is 0 Å². The molecule has 0 bridgehead atoms. The number of likely N-dealkylation sites (N-methyl/N-ethyl adjacent to an activating group) is 2. The number of nitrogens with one attached hydrogen (secondary N) is 3. The second-order valence-corrected chi connectivity index (χ2v) is 11.1. The summed E-state index contributed by atoms with van der Waals surface area (Å²) >= 11 is 0. The molecule has 0 aromatic heterocycles. The summed E-state index contributed by atoms with van der Waals surface area (Å²) in [6, 6.07) is 3.39. The minimum atomic E-state index is -2.10. The number of aliphatic hydroxyl groups excluding tert-OH is 1.